The molecule has 0 aliphatic rings. The van der Waals surface area contributed by atoms with Crippen LogP contribution in [0.15, 0.2) is 23.8 Å². The van der Waals surface area contributed by atoms with Crippen LogP contribution in [0.5, 0.6) is 5.75 Å². The molecular formula is C11H10Cl2N2OS. The molecule has 2 rings (SSSR count). The zero-order valence-electron chi connectivity index (χ0n) is 8.95. The Kier molecular flexibility index (Phi) is 3.76. The number of phenolic OH excluding ortho intramolecular Hbond substituents is 1. The van der Waals surface area contributed by atoms with Crippen LogP contribution in [-0.4, -0.2) is 10.1 Å². The molecule has 0 bridgehead atoms. The number of hydrogen-bond acceptors (Lipinski definition) is 4. The monoisotopic (exact) mass is 288 g/mol. The van der Waals surface area contributed by atoms with Gasteiger partial charge in [0, 0.05) is 16.8 Å². The Labute approximate surface area is 113 Å². The van der Waals surface area contributed by atoms with Crippen LogP contribution in [-0.2, 0) is 0 Å². The largest absolute Gasteiger partial charge is 0.505 e. The number of thiazole rings is 1. The van der Waals surface area contributed by atoms with Crippen molar-refractivity contribution in [3.05, 3.63) is 38.8 Å². The highest BCUT2D eigenvalue weighted by Gasteiger charge is 2.10. The van der Waals surface area contributed by atoms with Crippen molar-refractivity contribution in [3.8, 4) is 5.75 Å². The van der Waals surface area contributed by atoms with E-state index in [1.54, 1.807) is 29.0 Å². The minimum absolute atomic E-state index is 0.0932. The quantitative estimate of drug-likeness (QED) is 0.827. The number of nitrogens with one attached hydrogen (secondary N) is 1. The lowest BCUT2D eigenvalue weighted by molar-refractivity contribution is 0.476. The second-order valence-electron chi connectivity index (χ2n) is 3.56. The number of halogens is 2. The molecule has 0 saturated heterocycles. The molecule has 0 saturated carbocycles. The van der Waals surface area contributed by atoms with Crippen molar-refractivity contribution in [3.63, 3.8) is 0 Å². The zero-order valence-corrected chi connectivity index (χ0v) is 11.3. The summed E-state index contributed by atoms with van der Waals surface area (Å²) in [7, 11) is 0. The van der Waals surface area contributed by atoms with Gasteiger partial charge in [0.1, 0.15) is 0 Å². The summed E-state index contributed by atoms with van der Waals surface area (Å²) in [5.41, 5.74) is 2.54. The summed E-state index contributed by atoms with van der Waals surface area (Å²) >= 11 is 13.3. The molecule has 2 N–H and O–H groups in total. The van der Waals surface area contributed by atoms with E-state index in [-0.39, 0.29) is 21.8 Å². The summed E-state index contributed by atoms with van der Waals surface area (Å²) in [6, 6.07) is 3.39. The van der Waals surface area contributed by atoms with E-state index in [0.717, 1.165) is 10.6 Å². The van der Waals surface area contributed by atoms with Crippen molar-refractivity contribution in [2.75, 3.05) is 5.32 Å². The molecule has 2 aromatic rings. The van der Waals surface area contributed by atoms with E-state index in [1.807, 2.05) is 13.1 Å². The van der Waals surface area contributed by atoms with Gasteiger partial charge in [0.05, 0.1) is 21.6 Å². The van der Waals surface area contributed by atoms with E-state index in [4.69, 9.17) is 23.2 Å². The van der Waals surface area contributed by atoms with Crippen LogP contribution in [0.3, 0.4) is 0 Å². The van der Waals surface area contributed by atoms with Crippen LogP contribution in [0.2, 0.25) is 10.0 Å². The van der Waals surface area contributed by atoms with Gasteiger partial charge in [0.25, 0.3) is 0 Å². The lowest BCUT2D eigenvalue weighted by Crippen LogP contribution is -2.04. The summed E-state index contributed by atoms with van der Waals surface area (Å²) in [5.74, 6) is -0.0932. The van der Waals surface area contributed by atoms with E-state index >= 15 is 0 Å². The fraction of sp³-hybridized carbons (Fsp3) is 0.182. The van der Waals surface area contributed by atoms with Crippen molar-refractivity contribution in [2.24, 2.45) is 0 Å². The molecule has 6 heteroatoms. The van der Waals surface area contributed by atoms with E-state index in [9.17, 15) is 5.11 Å². The average molecular weight is 289 g/mol. The minimum Gasteiger partial charge on any atom is -0.505 e. The van der Waals surface area contributed by atoms with Crippen molar-refractivity contribution in [1.82, 2.24) is 4.98 Å². The first kappa shape index (κ1) is 12.5. The Hall–Kier alpha value is -0.970. The molecule has 0 radical (unpaired) electrons. The van der Waals surface area contributed by atoms with Gasteiger partial charge in [-0.15, -0.1) is 11.3 Å². The molecule has 0 amide bonds. The van der Waals surface area contributed by atoms with Gasteiger partial charge < -0.3 is 10.4 Å². The zero-order chi connectivity index (χ0) is 12.4. The molecular weight excluding hydrogens is 279 g/mol. The van der Waals surface area contributed by atoms with Crippen LogP contribution in [0.25, 0.3) is 0 Å². The first-order chi connectivity index (χ1) is 8.08. The van der Waals surface area contributed by atoms with Crippen LogP contribution < -0.4 is 5.32 Å². The molecule has 0 fully saturated rings. The lowest BCUT2D eigenvalue weighted by atomic mass is 10.2. The third-order valence-corrected chi connectivity index (χ3v) is 3.81. The summed E-state index contributed by atoms with van der Waals surface area (Å²) in [5, 5.41) is 13.2. The van der Waals surface area contributed by atoms with Crippen LogP contribution >= 0.6 is 34.5 Å². The molecule has 1 unspecified atom stereocenters. The normalized spacial score (nSPS) is 12.4. The molecule has 1 heterocycles. The molecule has 1 aromatic heterocycles. The van der Waals surface area contributed by atoms with Gasteiger partial charge in [0.15, 0.2) is 5.75 Å². The van der Waals surface area contributed by atoms with E-state index in [1.165, 1.54) is 0 Å². The van der Waals surface area contributed by atoms with Crippen molar-refractivity contribution < 1.29 is 5.11 Å². The lowest BCUT2D eigenvalue weighted by Gasteiger charge is -2.14. The van der Waals surface area contributed by atoms with Crippen LogP contribution in [0.1, 0.15) is 17.8 Å². The number of nitrogens with zero attached hydrogens (tertiary/aromatic N) is 1. The molecule has 90 valence electrons. The van der Waals surface area contributed by atoms with Gasteiger partial charge in [-0.05, 0) is 19.1 Å². The summed E-state index contributed by atoms with van der Waals surface area (Å²) in [6.07, 6.45) is 1.81. The Morgan fingerprint density at radius 3 is 2.53 bits per heavy atom. The second kappa shape index (κ2) is 5.12. The third-order valence-electron chi connectivity index (χ3n) is 2.28. The van der Waals surface area contributed by atoms with Gasteiger partial charge in [-0.25, -0.2) is 0 Å². The maximum Gasteiger partial charge on any atom is 0.152 e. The Bertz CT molecular complexity index is 493. The Morgan fingerprint density at radius 2 is 2.00 bits per heavy atom. The predicted octanol–water partition coefficient (Wildman–Crippen LogP) is 4.33. The molecule has 17 heavy (non-hydrogen) atoms. The van der Waals surface area contributed by atoms with Crippen LogP contribution in [0, 0.1) is 0 Å². The predicted molar refractivity (Wildman–Crippen MR) is 72.3 cm³/mol. The average Bonchev–Trinajstić information content (AvgIpc) is 2.79. The summed E-state index contributed by atoms with van der Waals surface area (Å²) < 4.78 is 0. The molecule has 1 atom stereocenters. The second-order valence-corrected chi connectivity index (χ2v) is 5.29. The Balaban J connectivity index is 2.19. The van der Waals surface area contributed by atoms with Crippen LogP contribution in [0.4, 0.5) is 5.69 Å². The summed E-state index contributed by atoms with van der Waals surface area (Å²) in [6.45, 7) is 2.02. The SMILES string of the molecule is CC(Nc1cc(Cl)c(O)c(Cl)c1)c1cncs1. The smallest absolute Gasteiger partial charge is 0.152 e. The van der Waals surface area contributed by atoms with Gasteiger partial charge in [-0.3, -0.25) is 4.98 Å². The van der Waals surface area contributed by atoms with Gasteiger partial charge in [-0.1, -0.05) is 23.2 Å². The number of anilines is 1. The molecule has 0 aliphatic heterocycles. The standard InChI is InChI=1S/C11H10Cl2N2OS/c1-6(10-4-14-5-17-10)15-7-2-8(12)11(16)9(13)3-7/h2-6,15-16H,1H3. The summed E-state index contributed by atoms with van der Waals surface area (Å²) in [4.78, 5) is 5.14. The topological polar surface area (TPSA) is 45.1 Å². The van der Waals surface area contributed by atoms with Gasteiger partial charge >= 0.3 is 0 Å². The fourth-order valence-corrected chi connectivity index (χ4v) is 2.52. The molecule has 1 aromatic carbocycles. The first-order valence-electron chi connectivity index (χ1n) is 4.91. The maximum absolute atomic E-state index is 9.45. The number of hydrogen-bond donors (Lipinski definition) is 2. The van der Waals surface area contributed by atoms with E-state index in [2.05, 4.69) is 10.3 Å². The van der Waals surface area contributed by atoms with E-state index in [0.29, 0.717) is 0 Å². The first-order valence-corrected chi connectivity index (χ1v) is 6.54. The number of rotatable bonds is 3. The van der Waals surface area contributed by atoms with Crippen molar-refractivity contribution in [1.29, 1.82) is 0 Å². The number of aromatic nitrogens is 1. The van der Waals surface area contributed by atoms with Crippen molar-refractivity contribution >= 4 is 40.2 Å². The highest BCUT2D eigenvalue weighted by Crippen LogP contribution is 2.35. The molecule has 3 nitrogen and oxygen atoms in total. The highest BCUT2D eigenvalue weighted by atomic mass is 35.5. The highest BCUT2D eigenvalue weighted by molar-refractivity contribution is 7.09. The number of benzene rings is 1. The molecule has 0 aliphatic carbocycles. The fourth-order valence-electron chi connectivity index (χ4n) is 1.41. The maximum atomic E-state index is 9.45. The minimum atomic E-state index is -0.0932. The van der Waals surface area contributed by atoms with E-state index < -0.39 is 0 Å². The van der Waals surface area contributed by atoms with Gasteiger partial charge in [0.2, 0.25) is 0 Å². The van der Waals surface area contributed by atoms with Crippen molar-refractivity contribution in [2.45, 2.75) is 13.0 Å². The third kappa shape index (κ3) is 2.83. The molecule has 0 spiro atoms. The van der Waals surface area contributed by atoms with Gasteiger partial charge in [-0.2, -0.15) is 0 Å². The number of aromatic hydroxyl groups is 1. The Morgan fingerprint density at radius 1 is 1.35 bits per heavy atom. The number of phenols is 1.